The molecule has 0 atom stereocenters. The summed E-state index contributed by atoms with van der Waals surface area (Å²) in [5.41, 5.74) is 4.59. The van der Waals surface area contributed by atoms with Crippen molar-refractivity contribution in [1.82, 2.24) is 20.1 Å². The Morgan fingerprint density at radius 1 is 1.11 bits per heavy atom. The Labute approximate surface area is 170 Å². The van der Waals surface area contributed by atoms with Crippen molar-refractivity contribution < 1.29 is 4.79 Å². The van der Waals surface area contributed by atoms with Crippen molar-refractivity contribution in [2.24, 2.45) is 0 Å². The molecular weight excluding hydrogens is 368 g/mol. The third-order valence-electron chi connectivity index (χ3n) is 4.28. The van der Waals surface area contributed by atoms with Gasteiger partial charge in [-0.25, -0.2) is 0 Å². The van der Waals surface area contributed by atoms with E-state index in [1.54, 1.807) is 0 Å². The normalized spacial score (nSPS) is 11.0. The van der Waals surface area contributed by atoms with Crippen LogP contribution in [-0.2, 0) is 11.2 Å². The lowest BCUT2D eigenvalue weighted by molar-refractivity contribution is -0.119. The van der Waals surface area contributed by atoms with Gasteiger partial charge in [-0.1, -0.05) is 59.8 Å². The van der Waals surface area contributed by atoms with Crippen LogP contribution in [0.1, 0.15) is 36.4 Å². The Morgan fingerprint density at radius 3 is 2.54 bits per heavy atom. The van der Waals surface area contributed by atoms with Gasteiger partial charge < -0.3 is 5.32 Å². The minimum absolute atomic E-state index is 0.000197. The zero-order valence-electron chi connectivity index (χ0n) is 16.8. The molecule has 0 aliphatic carbocycles. The summed E-state index contributed by atoms with van der Waals surface area (Å²) in [4.78, 5) is 12.1. The first-order valence-electron chi connectivity index (χ1n) is 9.42. The van der Waals surface area contributed by atoms with Gasteiger partial charge in [-0.15, -0.1) is 10.2 Å². The second-order valence-corrected chi connectivity index (χ2v) is 8.14. The van der Waals surface area contributed by atoms with Gasteiger partial charge in [0, 0.05) is 12.5 Å². The Morgan fingerprint density at radius 2 is 1.86 bits per heavy atom. The van der Waals surface area contributed by atoms with Crippen LogP contribution in [0.2, 0.25) is 0 Å². The first kappa shape index (κ1) is 20.1. The predicted molar refractivity (Wildman–Crippen MR) is 114 cm³/mol. The summed E-state index contributed by atoms with van der Waals surface area (Å²) >= 11 is 1.41. The maximum absolute atomic E-state index is 12.1. The van der Waals surface area contributed by atoms with E-state index < -0.39 is 0 Å². The van der Waals surface area contributed by atoms with Crippen LogP contribution >= 0.6 is 11.8 Å². The molecule has 1 aromatic heterocycles. The van der Waals surface area contributed by atoms with Crippen LogP contribution < -0.4 is 5.32 Å². The summed E-state index contributed by atoms with van der Waals surface area (Å²) in [6.07, 6.45) is 0.680. The fourth-order valence-corrected chi connectivity index (χ4v) is 3.85. The molecule has 28 heavy (non-hydrogen) atoms. The van der Waals surface area contributed by atoms with Gasteiger partial charge >= 0.3 is 0 Å². The van der Waals surface area contributed by atoms with Gasteiger partial charge in [0.2, 0.25) is 5.91 Å². The van der Waals surface area contributed by atoms with Crippen molar-refractivity contribution in [3.05, 3.63) is 71.0 Å². The highest BCUT2D eigenvalue weighted by Crippen LogP contribution is 2.26. The molecule has 0 saturated heterocycles. The molecule has 0 radical (unpaired) electrons. The van der Waals surface area contributed by atoms with Crippen molar-refractivity contribution >= 4 is 17.7 Å². The Balaban J connectivity index is 1.94. The number of nitrogens with one attached hydrogen (secondary N) is 1. The first-order chi connectivity index (χ1) is 13.4. The molecule has 2 aromatic carbocycles. The molecule has 5 nitrogen and oxygen atoms in total. The van der Waals surface area contributed by atoms with E-state index in [1.165, 1.54) is 22.9 Å². The van der Waals surface area contributed by atoms with E-state index >= 15 is 0 Å². The Hall–Kier alpha value is -2.60. The summed E-state index contributed by atoms with van der Waals surface area (Å²) in [6, 6.07) is 16.7. The lowest BCUT2D eigenvalue weighted by Crippen LogP contribution is -2.31. The lowest BCUT2D eigenvalue weighted by Gasteiger charge is -2.14. The second-order valence-electron chi connectivity index (χ2n) is 7.20. The van der Waals surface area contributed by atoms with Gasteiger partial charge in [-0.3, -0.25) is 9.36 Å². The monoisotopic (exact) mass is 394 g/mol. The van der Waals surface area contributed by atoms with Crippen molar-refractivity contribution in [2.45, 2.75) is 45.3 Å². The maximum atomic E-state index is 12.1. The number of carbonyl (C=O) groups is 1. The number of benzene rings is 2. The molecule has 0 bridgehead atoms. The summed E-state index contributed by atoms with van der Waals surface area (Å²) in [7, 11) is 0. The molecule has 3 aromatic rings. The zero-order chi connectivity index (χ0) is 20.1. The van der Waals surface area contributed by atoms with Gasteiger partial charge in [0.1, 0.15) is 5.82 Å². The van der Waals surface area contributed by atoms with E-state index in [9.17, 15) is 4.79 Å². The molecule has 0 saturated carbocycles. The SMILES string of the molecule is Cc1ccc(-n2c(Cc3ccccc3)nnc2SCC(=O)NC(C)C)c(C)c1. The van der Waals surface area contributed by atoms with E-state index in [-0.39, 0.29) is 11.9 Å². The molecule has 1 amide bonds. The van der Waals surface area contributed by atoms with E-state index in [0.717, 1.165) is 22.2 Å². The molecule has 0 aliphatic heterocycles. The third kappa shape index (κ3) is 5.01. The largest absolute Gasteiger partial charge is 0.353 e. The van der Waals surface area contributed by atoms with Gasteiger partial charge in [0.15, 0.2) is 5.16 Å². The van der Waals surface area contributed by atoms with Gasteiger partial charge in [-0.2, -0.15) is 0 Å². The Kier molecular flexibility index (Phi) is 6.52. The minimum Gasteiger partial charge on any atom is -0.353 e. The highest BCUT2D eigenvalue weighted by Gasteiger charge is 2.18. The second kappa shape index (κ2) is 9.06. The van der Waals surface area contributed by atoms with E-state index in [4.69, 9.17) is 0 Å². The summed E-state index contributed by atoms with van der Waals surface area (Å²) in [5, 5.41) is 12.5. The van der Waals surface area contributed by atoms with Crippen molar-refractivity contribution in [3.8, 4) is 5.69 Å². The molecule has 146 valence electrons. The van der Waals surface area contributed by atoms with Gasteiger partial charge in [0.05, 0.1) is 11.4 Å². The van der Waals surface area contributed by atoms with E-state index in [0.29, 0.717) is 12.2 Å². The molecule has 1 heterocycles. The number of amides is 1. The number of thioether (sulfide) groups is 1. The average Bonchev–Trinajstić information content (AvgIpc) is 3.03. The minimum atomic E-state index is -0.000197. The molecule has 3 rings (SSSR count). The predicted octanol–water partition coefficient (Wildman–Crippen LogP) is 4.09. The van der Waals surface area contributed by atoms with Crippen molar-refractivity contribution in [3.63, 3.8) is 0 Å². The summed E-state index contributed by atoms with van der Waals surface area (Å²) < 4.78 is 2.08. The van der Waals surface area contributed by atoms with Gasteiger partial charge in [0.25, 0.3) is 0 Å². The lowest BCUT2D eigenvalue weighted by atomic mass is 10.1. The van der Waals surface area contributed by atoms with Crippen LogP contribution in [0.5, 0.6) is 0 Å². The quantitative estimate of drug-likeness (QED) is 0.613. The molecule has 0 aliphatic rings. The van der Waals surface area contributed by atoms with Crippen LogP contribution in [-0.4, -0.2) is 32.5 Å². The van der Waals surface area contributed by atoms with Crippen LogP contribution in [0.4, 0.5) is 0 Å². The fraction of sp³-hybridized carbons (Fsp3) is 0.318. The summed E-state index contributed by atoms with van der Waals surface area (Å²) in [5.74, 6) is 1.18. The van der Waals surface area contributed by atoms with Crippen LogP contribution in [0.3, 0.4) is 0 Å². The topological polar surface area (TPSA) is 59.8 Å². The van der Waals surface area contributed by atoms with E-state index in [1.807, 2.05) is 32.0 Å². The fourth-order valence-electron chi connectivity index (χ4n) is 3.08. The first-order valence-corrected chi connectivity index (χ1v) is 10.4. The molecule has 0 unspecified atom stereocenters. The number of aromatic nitrogens is 3. The highest BCUT2D eigenvalue weighted by molar-refractivity contribution is 7.99. The number of nitrogens with zero attached hydrogens (tertiary/aromatic N) is 3. The Bertz CT molecular complexity index is 950. The van der Waals surface area contributed by atoms with Crippen LogP contribution in [0, 0.1) is 13.8 Å². The summed E-state index contributed by atoms with van der Waals surface area (Å²) in [6.45, 7) is 8.09. The number of aryl methyl sites for hydroxylation is 2. The molecule has 0 fully saturated rings. The maximum Gasteiger partial charge on any atom is 0.230 e. The molecule has 0 spiro atoms. The molecular formula is C22H26N4OS. The van der Waals surface area contributed by atoms with Crippen molar-refractivity contribution in [2.75, 3.05) is 5.75 Å². The van der Waals surface area contributed by atoms with Gasteiger partial charge in [-0.05, 0) is 44.9 Å². The number of carbonyl (C=O) groups excluding carboxylic acids is 1. The molecule has 1 N–H and O–H groups in total. The van der Waals surface area contributed by atoms with Crippen LogP contribution in [0.15, 0.2) is 53.7 Å². The molecule has 6 heteroatoms. The zero-order valence-corrected chi connectivity index (χ0v) is 17.6. The van der Waals surface area contributed by atoms with Crippen LogP contribution in [0.25, 0.3) is 5.69 Å². The number of rotatable bonds is 7. The number of hydrogen-bond donors (Lipinski definition) is 1. The average molecular weight is 395 g/mol. The van der Waals surface area contributed by atoms with E-state index in [2.05, 4.69) is 64.3 Å². The standard InChI is InChI=1S/C22H26N4OS/c1-15(2)23-21(27)14-28-22-25-24-20(13-18-8-6-5-7-9-18)26(22)19-11-10-16(3)12-17(19)4/h5-12,15H,13-14H2,1-4H3,(H,23,27). The van der Waals surface area contributed by atoms with Crippen molar-refractivity contribution in [1.29, 1.82) is 0 Å². The number of hydrogen-bond acceptors (Lipinski definition) is 4. The smallest absolute Gasteiger partial charge is 0.230 e. The third-order valence-corrected chi connectivity index (χ3v) is 5.21. The highest BCUT2D eigenvalue weighted by atomic mass is 32.2.